The summed E-state index contributed by atoms with van der Waals surface area (Å²) in [6, 6.07) is 7.54. The first-order valence-electron chi connectivity index (χ1n) is 6.17. The first-order chi connectivity index (χ1) is 9.61. The van der Waals surface area contributed by atoms with Crippen LogP contribution in [0.3, 0.4) is 0 Å². The van der Waals surface area contributed by atoms with Crippen molar-refractivity contribution in [3.05, 3.63) is 53.5 Å². The molecule has 1 aromatic heterocycles. The van der Waals surface area contributed by atoms with Crippen LogP contribution >= 0.6 is 0 Å². The Bertz CT molecular complexity index is 626. The molecule has 6 heteroatoms. The first kappa shape index (κ1) is 13.8. The molecule has 0 amide bonds. The van der Waals surface area contributed by atoms with Gasteiger partial charge in [0.05, 0.1) is 5.69 Å². The molecule has 0 spiro atoms. The van der Waals surface area contributed by atoms with Crippen LogP contribution in [0.2, 0.25) is 0 Å². The molecule has 0 atom stereocenters. The van der Waals surface area contributed by atoms with E-state index in [1.165, 1.54) is 0 Å². The van der Waals surface area contributed by atoms with Gasteiger partial charge in [0.15, 0.2) is 5.84 Å². The van der Waals surface area contributed by atoms with E-state index in [0.29, 0.717) is 12.1 Å². The summed E-state index contributed by atoms with van der Waals surface area (Å²) >= 11 is 0. The highest BCUT2D eigenvalue weighted by atomic mass is 16.4. The third-order valence-corrected chi connectivity index (χ3v) is 2.97. The van der Waals surface area contributed by atoms with Gasteiger partial charge in [-0.25, -0.2) is 4.98 Å². The van der Waals surface area contributed by atoms with Gasteiger partial charge in [0, 0.05) is 31.5 Å². The average Bonchev–Trinajstić information content (AvgIpc) is 2.47. The summed E-state index contributed by atoms with van der Waals surface area (Å²) in [5.41, 5.74) is 8.20. The molecule has 0 aliphatic heterocycles. The van der Waals surface area contributed by atoms with Gasteiger partial charge in [0.1, 0.15) is 5.82 Å². The van der Waals surface area contributed by atoms with Gasteiger partial charge in [-0.15, -0.1) is 0 Å². The lowest BCUT2D eigenvalue weighted by Crippen LogP contribution is -2.20. The molecule has 0 unspecified atom stereocenters. The molecule has 20 heavy (non-hydrogen) atoms. The SMILES string of the molecule is Cc1nccnc1N(C)Cc1cccc(/C(N)=N/O)c1. The van der Waals surface area contributed by atoms with E-state index in [-0.39, 0.29) is 5.84 Å². The fraction of sp³-hybridized carbons (Fsp3) is 0.214. The van der Waals surface area contributed by atoms with Crippen molar-refractivity contribution in [2.45, 2.75) is 13.5 Å². The lowest BCUT2D eigenvalue weighted by Gasteiger charge is -2.19. The maximum atomic E-state index is 8.71. The Morgan fingerprint density at radius 3 is 2.80 bits per heavy atom. The molecule has 2 aromatic rings. The lowest BCUT2D eigenvalue weighted by atomic mass is 10.1. The van der Waals surface area contributed by atoms with E-state index in [2.05, 4.69) is 15.1 Å². The zero-order valence-electron chi connectivity index (χ0n) is 11.5. The molecule has 0 aliphatic rings. The third kappa shape index (κ3) is 3.03. The van der Waals surface area contributed by atoms with Crippen LogP contribution in [0.25, 0.3) is 0 Å². The Hall–Kier alpha value is -2.63. The van der Waals surface area contributed by atoms with Crippen molar-refractivity contribution < 1.29 is 5.21 Å². The molecule has 0 saturated heterocycles. The number of oxime groups is 1. The summed E-state index contributed by atoms with van der Waals surface area (Å²) in [4.78, 5) is 10.6. The topological polar surface area (TPSA) is 87.6 Å². The second-order valence-electron chi connectivity index (χ2n) is 4.51. The van der Waals surface area contributed by atoms with Crippen molar-refractivity contribution >= 4 is 11.7 Å². The van der Waals surface area contributed by atoms with E-state index in [1.807, 2.05) is 37.1 Å². The first-order valence-corrected chi connectivity index (χ1v) is 6.17. The molecule has 0 saturated carbocycles. The van der Waals surface area contributed by atoms with Crippen LogP contribution in [0.1, 0.15) is 16.8 Å². The number of hydrogen-bond donors (Lipinski definition) is 2. The molecule has 0 fully saturated rings. The molecule has 1 aromatic carbocycles. The molecule has 6 nitrogen and oxygen atoms in total. The lowest BCUT2D eigenvalue weighted by molar-refractivity contribution is 0.318. The van der Waals surface area contributed by atoms with Crippen molar-refractivity contribution in [1.29, 1.82) is 0 Å². The number of nitrogens with two attached hydrogens (primary N) is 1. The predicted molar refractivity (Wildman–Crippen MR) is 77.8 cm³/mol. The second-order valence-corrected chi connectivity index (χ2v) is 4.51. The van der Waals surface area contributed by atoms with Crippen LogP contribution in [-0.4, -0.2) is 28.1 Å². The van der Waals surface area contributed by atoms with Crippen LogP contribution in [0, 0.1) is 6.92 Å². The highest BCUT2D eigenvalue weighted by Gasteiger charge is 2.08. The molecule has 3 N–H and O–H groups in total. The summed E-state index contributed by atoms with van der Waals surface area (Å²) in [5, 5.41) is 11.7. The monoisotopic (exact) mass is 271 g/mol. The average molecular weight is 271 g/mol. The van der Waals surface area contributed by atoms with Gasteiger partial charge in [-0.3, -0.25) is 4.98 Å². The van der Waals surface area contributed by atoms with E-state index in [4.69, 9.17) is 10.9 Å². The van der Waals surface area contributed by atoms with Crippen molar-refractivity contribution in [3.63, 3.8) is 0 Å². The van der Waals surface area contributed by atoms with E-state index in [1.54, 1.807) is 18.5 Å². The number of anilines is 1. The van der Waals surface area contributed by atoms with Crippen molar-refractivity contribution in [2.24, 2.45) is 10.9 Å². The number of benzene rings is 1. The van der Waals surface area contributed by atoms with Gasteiger partial charge in [0.2, 0.25) is 0 Å². The number of aromatic nitrogens is 2. The fourth-order valence-corrected chi connectivity index (χ4v) is 2.01. The summed E-state index contributed by atoms with van der Waals surface area (Å²) < 4.78 is 0. The highest BCUT2D eigenvalue weighted by Crippen LogP contribution is 2.15. The van der Waals surface area contributed by atoms with Crippen molar-refractivity contribution in [3.8, 4) is 0 Å². The predicted octanol–water partition coefficient (Wildman–Crippen LogP) is 1.52. The minimum Gasteiger partial charge on any atom is -0.409 e. The normalized spacial score (nSPS) is 11.4. The molecular weight excluding hydrogens is 254 g/mol. The standard InChI is InChI=1S/C14H17N5O/c1-10-14(17-7-6-16-10)19(2)9-11-4-3-5-12(8-11)13(15)18-20/h3-8,20H,9H2,1-2H3,(H2,15,18). The zero-order valence-corrected chi connectivity index (χ0v) is 11.5. The van der Waals surface area contributed by atoms with Crippen molar-refractivity contribution in [2.75, 3.05) is 11.9 Å². The van der Waals surface area contributed by atoms with Crippen LogP contribution in [-0.2, 0) is 6.54 Å². The van der Waals surface area contributed by atoms with Crippen LogP contribution < -0.4 is 10.6 Å². The van der Waals surface area contributed by atoms with Gasteiger partial charge in [-0.05, 0) is 18.6 Å². The summed E-state index contributed by atoms with van der Waals surface area (Å²) in [5.74, 6) is 0.937. The molecular formula is C14H17N5O. The van der Waals surface area contributed by atoms with E-state index in [0.717, 1.165) is 17.1 Å². The van der Waals surface area contributed by atoms with Crippen LogP contribution in [0.4, 0.5) is 5.82 Å². The van der Waals surface area contributed by atoms with E-state index < -0.39 is 0 Å². The Morgan fingerprint density at radius 2 is 2.10 bits per heavy atom. The quantitative estimate of drug-likeness (QED) is 0.381. The third-order valence-electron chi connectivity index (χ3n) is 2.97. The number of rotatable bonds is 4. The number of amidine groups is 1. The maximum absolute atomic E-state index is 8.71. The molecule has 2 rings (SSSR count). The Labute approximate surface area is 117 Å². The van der Waals surface area contributed by atoms with Crippen molar-refractivity contribution in [1.82, 2.24) is 9.97 Å². The number of nitrogens with zero attached hydrogens (tertiary/aromatic N) is 4. The fourth-order valence-electron chi connectivity index (χ4n) is 2.01. The minimum atomic E-state index is 0.102. The summed E-state index contributed by atoms with van der Waals surface area (Å²) in [6.07, 6.45) is 3.34. The van der Waals surface area contributed by atoms with Crippen LogP contribution in [0.15, 0.2) is 41.8 Å². The smallest absolute Gasteiger partial charge is 0.170 e. The number of hydrogen-bond acceptors (Lipinski definition) is 5. The molecule has 1 heterocycles. The molecule has 0 bridgehead atoms. The van der Waals surface area contributed by atoms with Gasteiger partial charge in [-0.1, -0.05) is 23.4 Å². The van der Waals surface area contributed by atoms with Gasteiger partial charge < -0.3 is 15.8 Å². The Morgan fingerprint density at radius 1 is 1.35 bits per heavy atom. The Kier molecular flexibility index (Phi) is 4.14. The second kappa shape index (κ2) is 6.01. The Balaban J connectivity index is 2.20. The summed E-state index contributed by atoms with van der Waals surface area (Å²) in [6.45, 7) is 2.58. The van der Waals surface area contributed by atoms with E-state index in [9.17, 15) is 0 Å². The van der Waals surface area contributed by atoms with Gasteiger partial charge in [0.25, 0.3) is 0 Å². The minimum absolute atomic E-state index is 0.102. The zero-order chi connectivity index (χ0) is 14.5. The maximum Gasteiger partial charge on any atom is 0.170 e. The van der Waals surface area contributed by atoms with Crippen LogP contribution in [0.5, 0.6) is 0 Å². The molecule has 104 valence electrons. The summed E-state index contributed by atoms with van der Waals surface area (Å²) in [7, 11) is 1.95. The van der Waals surface area contributed by atoms with Gasteiger partial charge in [-0.2, -0.15) is 0 Å². The molecule has 0 radical (unpaired) electrons. The van der Waals surface area contributed by atoms with E-state index >= 15 is 0 Å². The van der Waals surface area contributed by atoms with Gasteiger partial charge >= 0.3 is 0 Å². The highest BCUT2D eigenvalue weighted by molar-refractivity contribution is 5.97. The molecule has 0 aliphatic carbocycles. The number of aryl methyl sites for hydroxylation is 1. The largest absolute Gasteiger partial charge is 0.409 e.